The van der Waals surface area contributed by atoms with Gasteiger partial charge < -0.3 is 15.8 Å². The number of nitrogens with two attached hydrogens (primary N) is 1. The van der Waals surface area contributed by atoms with Crippen LogP contribution in [-0.4, -0.2) is 30.4 Å². The largest absolute Gasteiger partial charge is 0.449 e. The number of Topliss-reactive ketones (excluding diaryl/α,β-unsaturated/α-hetero) is 1. The van der Waals surface area contributed by atoms with Crippen molar-refractivity contribution in [3.63, 3.8) is 0 Å². The zero-order chi connectivity index (χ0) is 30.5. The fraction of sp³-hybridized carbons (Fsp3) is 0.132. The molecule has 0 fully saturated rings. The summed E-state index contributed by atoms with van der Waals surface area (Å²) in [4.78, 5) is 40.7. The molecule has 6 nitrogen and oxygen atoms in total. The van der Waals surface area contributed by atoms with Gasteiger partial charge in [-0.15, -0.1) is 0 Å². The van der Waals surface area contributed by atoms with Gasteiger partial charge in [0.15, 0.2) is 5.78 Å². The van der Waals surface area contributed by atoms with Crippen molar-refractivity contribution in [3.8, 4) is 11.1 Å². The van der Waals surface area contributed by atoms with E-state index in [1.807, 2.05) is 127 Å². The number of hydrogen-bond acceptors (Lipinski definition) is 4. The minimum atomic E-state index is -1.35. The molecule has 0 bridgehead atoms. The van der Waals surface area contributed by atoms with Crippen molar-refractivity contribution in [2.45, 2.75) is 23.8 Å². The summed E-state index contributed by atoms with van der Waals surface area (Å²) >= 11 is 0. The van der Waals surface area contributed by atoms with Crippen molar-refractivity contribution >= 4 is 17.8 Å². The number of primary amides is 1. The molecule has 6 rings (SSSR count). The topological polar surface area (TPSA) is 98.5 Å². The molecule has 218 valence electrons. The highest BCUT2D eigenvalue weighted by atomic mass is 16.5. The number of benzene rings is 5. The fourth-order valence-corrected chi connectivity index (χ4v) is 6.45. The number of fused-ring (bicyclic) bond motifs is 3. The molecule has 1 aliphatic carbocycles. The SMILES string of the molecule is NC(=O)C[C@H](NC(=O)OCC1c2ccccc2-c2ccccc21)C(=O)C(c1ccccc1)(c1ccccc1)c1ccccc1. The van der Waals surface area contributed by atoms with Gasteiger partial charge in [-0.3, -0.25) is 9.59 Å². The standard InChI is InChI=1S/C38H32N2O4/c39-35(41)24-34(40-37(43)44-25-33-31-22-12-10-20-29(31)30-21-11-13-23-32(30)33)36(42)38(26-14-4-1-5-15-26,27-16-6-2-7-17-27)28-18-8-3-9-19-28/h1-23,33-34H,24-25H2,(H2,39,41)(H,40,43)/t34-/m0/s1. The number of alkyl carbamates (subject to hydrolysis) is 1. The summed E-state index contributed by atoms with van der Waals surface area (Å²) < 4.78 is 5.78. The molecular weight excluding hydrogens is 548 g/mol. The van der Waals surface area contributed by atoms with Gasteiger partial charge in [-0.25, -0.2) is 4.79 Å². The van der Waals surface area contributed by atoms with Gasteiger partial charge in [0.25, 0.3) is 0 Å². The molecule has 1 aliphatic rings. The molecule has 0 spiro atoms. The zero-order valence-corrected chi connectivity index (χ0v) is 24.1. The summed E-state index contributed by atoms with van der Waals surface area (Å²) in [5.74, 6) is -1.27. The molecule has 2 amide bonds. The Morgan fingerprint density at radius 1 is 0.636 bits per heavy atom. The average Bonchev–Trinajstić information content (AvgIpc) is 3.38. The molecule has 5 aromatic carbocycles. The Balaban J connectivity index is 1.34. The van der Waals surface area contributed by atoms with E-state index in [9.17, 15) is 14.4 Å². The van der Waals surface area contributed by atoms with Gasteiger partial charge in [-0.2, -0.15) is 0 Å². The lowest BCUT2D eigenvalue weighted by Crippen LogP contribution is -2.53. The molecular formula is C38H32N2O4. The second-order valence-electron chi connectivity index (χ2n) is 10.9. The minimum Gasteiger partial charge on any atom is -0.449 e. The van der Waals surface area contributed by atoms with Gasteiger partial charge >= 0.3 is 6.09 Å². The van der Waals surface area contributed by atoms with E-state index >= 15 is 0 Å². The molecule has 0 saturated carbocycles. The highest BCUT2D eigenvalue weighted by Crippen LogP contribution is 2.45. The molecule has 0 unspecified atom stereocenters. The molecule has 1 atom stereocenters. The van der Waals surface area contributed by atoms with Crippen LogP contribution in [0.25, 0.3) is 11.1 Å². The molecule has 0 radical (unpaired) electrons. The van der Waals surface area contributed by atoms with Crippen molar-refractivity contribution in [2.75, 3.05) is 6.61 Å². The van der Waals surface area contributed by atoms with Crippen LogP contribution in [0.1, 0.15) is 40.2 Å². The van der Waals surface area contributed by atoms with E-state index < -0.39 is 35.7 Å². The molecule has 5 aromatic rings. The first-order valence-corrected chi connectivity index (χ1v) is 14.6. The Hall–Kier alpha value is -5.49. The Morgan fingerprint density at radius 2 is 1.05 bits per heavy atom. The van der Waals surface area contributed by atoms with E-state index in [-0.39, 0.29) is 12.5 Å². The predicted octanol–water partition coefficient (Wildman–Crippen LogP) is 6.37. The van der Waals surface area contributed by atoms with Gasteiger partial charge in [0.2, 0.25) is 5.91 Å². The van der Waals surface area contributed by atoms with E-state index in [2.05, 4.69) is 17.4 Å². The molecule has 6 heteroatoms. The van der Waals surface area contributed by atoms with Crippen LogP contribution >= 0.6 is 0 Å². The van der Waals surface area contributed by atoms with E-state index in [1.54, 1.807) is 0 Å². The maximum absolute atomic E-state index is 14.9. The van der Waals surface area contributed by atoms with Gasteiger partial charge in [-0.05, 0) is 38.9 Å². The van der Waals surface area contributed by atoms with Crippen molar-refractivity contribution < 1.29 is 19.1 Å². The summed E-state index contributed by atoms with van der Waals surface area (Å²) in [6.45, 7) is 0.0680. The number of amides is 2. The maximum Gasteiger partial charge on any atom is 0.407 e. The summed E-state index contributed by atoms with van der Waals surface area (Å²) in [5.41, 5.74) is 10.8. The van der Waals surface area contributed by atoms with Crippen LogP contribution in [0, 0.1) is 0 Å². The number of hydrogen-bond donors (Lipinski definition) is 2. The Labute approximate surface area is 256 Å². The van der Waals surface area contributed by atoms with Crippen LogP contribution in [0.15, 0.2) is 140 Å². The van der Waals surface area contributed by atoms with Crippen molar-refractivity contribution in [1.82, 2.24) is 5.32 Å². The van der Waals surface area contributed by atoms with Gasteiger partial charge in [-0.1, -0.05) is 140 Å². The van der Waals surface area contributed by atoms with E-state index in [4.69, 9.17) is 10.5 Å². The van der Waals surface area contributed by atoms with E-state index in [1.165, 1.54) is 0 Å². The number of nitrogens with one attached hydrogen (secondary N) is 1. The van der Waals surface area contributed by atoms with Crippen LogP contribution in [0.4, 0.5) is 4.79 Å². The number of ketones is 1. The third kappa shape index (κ3) is 5.26. The summed E-state index contributed by atoms with van der Waals surface area (Å²) in [7, 11) is 0. The number of carbonyl (C=O) groups excluding carboxylic acids is 3. The Morgan fingerprint density at radius 3 is 1.48 bits per heavy atom. The minimum absolute atomic E-state index is 0.0680. The predicted molar refractivity (Wildman–Crippen MR) is 170 cm³/mol. The van der Waals surface area contributed by atoms with Crippen LogP contribution in [0.5, 0.6) is 0 Å². The second kappa shape index (κ2) is 12.4. The molecule has 0 saturated heterocycles. The zero-order valence-electron chi connectivity index (χ0n) is 24.1. The van der Waals surface area contributed by atoms with Gasteiger partial charge in [0.1, 0.15) is 18.1 Å². The molecule has 0 heterocycles. The quantitative estimate of drug-likeness (QED) is 0.188. The van der Waals surface area contributed by atoms with E-state index in [0.29, 0.717) is 16.7 Å². The van der Waals surface area contributed by atoms with Crippen molar-refractivity contribution in [1.29, 1.82) is 0 Å². The number of rotatable bonds is 10. The summed E-state index contributed by atoms with van der Waals surface area (Å²) in [6, 6.07) is 43.0. The fourth-order valence-electron chi connectivity index (χ4n) is 6.45. The first-order valence-electron chi connectivity index (χ1n) is 14.6. The van der Waals surface area contributed by atoms with Crippen LogP contribution in [0.2, 0.25) is 0 Å². The average molecular weight is 581 g/mol. The van der Waals surface area contributed by atoms with Gasteiger partial charge in [0, 0.05) is 5.92 Å². The van der Waals surface area contributed by atoms with Crippen LogP contribution in [0.3, 0.4) is 0 Å². The normalized spacial score (nSPS) is 12.9. The first-order chi connectivity index (χ1) is 21.5. The number of ether oxygens (including phenoxy) is 1. The van der Waals surface area contributed by atoms with Crippen LogP contribution in [-0.2, 0) is 19.7 Å². The lowest BCUT2D eigenvalue weighted by atomic mass is 9.64. The lowest BCUT2D eigenvalue weighted by Gasteiger charge is -2.37. The smallest absolute Gasteiger partial charge is 0.407 e. The van der Waals surface area contributed by atoms with Crippen LogP contribution < -0.4 is 11.1 Å². The van der Waals surface area contributed by atoms with Gasteiger partial charge in [0.05, 0.1) is 6.42 Å². The van der Waals surface area contributed by atoms with Crippen molar-refractivity contribution in [2.24, 2.45) is 5.73 Å². The highest BCUT2D eigenvalue weighted by Gasteiger charge is 2.47. The lowest BCUT2D eigenvalue weighted by molar-refractivity contribution is -0.127. The highest BCUT2D eigenvalue weighted by molar-refractivity contribution is 6.04. The second-order valence-corrected chi connectivity index (χ2v) is 10.9. The van der Waals surface area contributed by atoms with Crippen molar-refractivity contribution in [3.05, 3.63) is 167 Å². The Bertz CT molecular complexity index is 1650. The summed E-state index contributed by atoms with van der Waals surface area (Å²) in [6.07, 6.45) is -1.19. The molecule has 3 N–H and O–H groups in total. The monoisotopic (exact) mass is 580 g/mol. The molecule has 0 aromatic heterocycles. The maximum atomic E-state index is 14.9. The molecule has 0 aliphatic heterocycles. The first kappa shape index (κ1) is 28.6. The van der Waals surface area contributed by atoms with E-state index in [0.717, 1.165) is 22.3 Å². The Kier molecular flexibility index (Phi) is 8.06. The third-order valence-electron chi connectivity index (χ3n) is 8.35. The third-order valence-corrected chi connectivity index (χ3v) is 8.35. The summed E-state index contributed by atoms with van der Waals surface area (Å²) in [5, 5.41) is 2.72. The molecule has 44 heavy (non-hydrogen) atoms. The number of carbonyl (C=O) groups is 3.